The van der Waals surface area contributed by atoms with Gasteiger partial charge >= 0.3 is 5.97 Å². The van der Waals surface area contributed by atoms with Crippen LogP contribution in [0.25, 0.3) is 0 Å². The van der Waals surface area contributed by atoms with Gasteiger partial charge in [-0.2, -0.15) is 0 Å². The van der Waals surface area contributed by atoms with Crippen LogP contribution >= 0.6 is 0 Å². The van der Waals surface area contributed by atoms with Crippen molar-refractivity contribution in [3.8, 4) is 5.75 Å². The Morgan fingerprint density at radius 1 is 0.875 bits per heavy atom. The topological polar surface area (TPSA) is 52.6 Å². The Morgan fingerprint density at radius 3 is 1.96 bits per heavy atom. The Bertz CT molecular complexity index is 700. The van der Waals surface area contributed by atoms with E-state index in [1.807, 2.05) is 18.2 Å². The predicted molar refractivity (Wildman–Crippen MR) is 92.3 cm³/mol. The zero-order valence-electron chi connectivity index (χ0n) is 14.4. The summed E-state index contributed by atoms with van der Waals surface area (Å²) in [6.07, 6.45) is -0.203. The van der Waals surface area contributed by atoms with Crippen LogP contribution in [0.15, 0.2) is 54.6 Å². The van der Waals surface area contributed by atoms with Crippen LogP contribution in [0.3, 0.4) is 0 Å². The lowest BCUT2D eigenvalue weighted by atomic mass is 10.0. The molecular weight excluding hydrogens is 304 g/mol. The minimum Gasteiger partial charge on any atom is -0.476 e. The van der Waals surface area contributed by atoms with Gasteiger partial charge in [0.05, 0.1) is 6.10 Å². The van der Waals surface area contributed by atoms with Crippen molar-refractivity contribution in [1.29, 1.82) is 0 Å². The van der Waals surface area contributed by atoms with Gasteiger partial charge in [0.1, 0.15) is 5.75 Å². The number of carbonyl (C=O) groups excluding carboxylic acids is 2. The molecule has 0 amide bonds. The van der Waals surface area contributed by atoms with Gasteiger partial charge in [0, 0.05) is 11.1 Å². The number of hydrogen-bond donors (Lipinski definition) is 0. The van der Waals surface area contributed by atoms with Gasteiger partial charge in [-0.15, -0.1) is 0 Å². The van der Waals surface area contributed by atoms with E-state index < -0.39 is 11.6 Å². The second kappa shape index (κ2) is 7.30. The lowest BCUT2D eigenvalue weighted by molar-refractivity contribution is -0.163. The van der Waals surface area contributed by atoms with E-state index in [4.69, 9.17) is 9.47 Å². The molecule has 0 spiro atoms. The molecule has 0 N–H and O–H groups in total. The normalized spacial score (nSPS) is 11.2. The smallest absolute Gasteiger partial charge is 0.350 e. The highest BCUT2D eigenvalue weighted by Crippen LogP contribution is 2.21. The van der Waals surface area contributed by atoms with Crippen LogP contribution < -0.4 is 4.74 Å². The van der Waals surface area contributed by atoms with Gasteiger partial charge in [-0.3, -0.25) is 4.79 Å². The molecule has 126 valence electrons. The lowest BCUT2D eigenvalue weighted by Crippen LogP contribution is -2.40. The zero-order valence-corrected chi connectivity index (χ0v) is 14.4. The van der Waals surface area contributed by atoms with Crippen molar-refractivity contribution in [3.05, 3.63) is 65.7 Å². The summed E-state index contributed by atoms with van der Waals surface area (Å²) < 4.78 is 10.9. The first-order chi connectivity index (χ1) is 11.3. The number of hydrogen-bond acceptors (Lipinski definition) is 4. The second-order valence-corrected chi connectivity index (χ2v) is 6.29. The van der Waals surface area contributed by atoms with Crippen molar-refractivity contribution in [1.82, 2.24) is 0 Å². The largest absolute Gasteiger partial charge is 0.476 e. The Morgan fingerprint density at radius 2 is 1.42 bits per heavy atom. The van der Waals surface area contributed by atoms with Crippen LogP contribution in [0.5, 0.6) is 5.75 Å². The van der Waals surface area contributed by atoms with Crippen molar-refractivity contribution in [2.45, 2.75) is 39.4 Å². The summed E-state index contributed by atoms with van der Waals surface area (Å²) in [5.41, 5.74) is 0.0954. The highest BCUT2D eigenvalue weighted by Gasteiger charge is 2.32. The maximum absolute atomic E-state index is 12.4. The summed E-state index contributed by atoms with van der Waals surface area (Å²) in [5.74, 6) is 0.0212. The molecule has 2 aromatic rings. The van der Waals surface area contributed by atoms with Gasteiger partial charge < -0.3 is 9.47 Å². The molecule has 24 heavy (non-hydrogen) atoms. The van der Waals surface area contributed by atoms with Crippen LogP contribution in [0.1, 0.15) is 43.6 Å². The molecule has 0 aliphatic rings. The molecule has 0 heterocycles. The summed E-state index contributed by atoms with van der Waals surface area (Å²) in [5, 5.41) is 0. The molecule has 0 saturated carbocycles. The first-order valence-electron chi connectivity index (χ1n) is 7.89. The van der Waals surface area contributed by atoms with Gasteiger partial charge in [-0.25, -0.2) is 4.79 Å². The monoisotopic (exact) mass is 326 g/mol. The highest BCUT2D eigenvalue weighted by molar-refractivity contribution is 6.08. The third-order valence-corrected chi connectivity index (χ3v) is 3.36. The molecule has 2 aromatic carbocycles. The minimum absolute atomic E-state index is 0.0550. The summed E-state index contributed by atoms with van der Waals surface area (Å²) in [6, 6.07) is 15.8. The van der Waals surface area contributed by atoms with Crippen LogP contribution in [0, 0.1) is 0 Å². The van der Waals surface area contributed by atoms with E-state index in [2.05, 4.69) is 0 Å². The molecule has 0 fully saturated rings. The van der Waals surface area contributed by atoms with E-state index >= 15 is 0 Å². The standard InChI is InChI=1S/C20H22O4/c1-14(2)23-19(22)20(3,4)24-17-12-10-16(11-13-17)18(21)15-8-6-5-7-9-15/h5-14H,1-4H3. The molecule has 0 bridgehead atoms. The average Bonchev–Trinajstić information content (AvgIpc) is 2.55. The van der Waals surface area contributed by atoms with Crippen LogP contribution in [-0.2, 0) is 9.53 Å². The van der Waals surface area contributed by atoms with Gasteiger partial charge in [-0.1, -0.05) is 30.3 Å². The van der Waals surface area contributed by atoms with E-state index in [1.54, 1.807) is 64.1 Å². The van der Waals surface area contributed by atoms with Crippen molar-refractivity contribution in [2.75, 3.05) is 0 Å². The Hall–Kier alpha value is -2.62. The molecule has 0 saturated heterocycles. The molecule has 4 heteroatoms. The number of rotatable bonds is 6. The first kappa shape index (κ1) is 17.7. The zero-order chi connectivity index (χ0) is 17.7. The molecule has 2 rings (SSSR count). The number of ketones is 1. The Labute approximate surface area is 142 Å². The predicted octanol–water partition coefficient (Wildman–Crippen LogP) is 4.03. The minimum atomic E-state index is -1.10. The maximum Gasteiger partial charge on any atom is 0.350 e. The lowest BCUT2D eigenvalue weighted by Gasteiger charge is -2.25. The van der Waals surface area contributed by atoms with E-state index in [-0.39, 0.29) is 11.9 Å². The van der Waals surface area contributed by atoms with Gasteiger partial charge in [-0.05, 0) is 52.0 Å². The van der Waals surface area contributed by atoms with E-state index in [1.165, 1.54) is 0 Å². The van der Waals surface area contributed by atoms with Crippen LogP contribution in [-0.4, -0.2) is 23.5 Å². The van der Waals surface area contributed by atoms with Crippen LogP contribution in [0.4, 0.5) is 0 Å². The third kappa shape index (κ3) is 4.44. The Balaban J connectivity index is 2.09. The number of carbonyl (C=O) groups is 2. The van der Waals surface area contributed by atoms with E-state index in [9.17, 15) is 9.59 Å². The maximum atomic E-state index is 12.4. The first-order valence-corrected chi connectivity index (χ1v) is 7.89. The summed E-state index contributed by atoms with van der Waals surface area (Å²) >= 11 is 0. The summed E-state index contributed by atoms with van der Waals surface area (Å²) in [4.78, 5) is 24.4. The van der Waals surface area contributed by atoms with Gasteiger partial charge in [0.15, 0.2) is 11.4 Å². The van der Waals surface area contributed by atoms with Crippen molar-refractivity contribution < 1.29 is 19.1 Å². The van der Waals surface area contributed by atoms with Crippen molar-refractivity contribution in [3.63, 3.8) is 0 Å². The van der Waals surface area contributed by atoms with Gasteiger partial charge in [0.2, 0.25) is 0 Å². The van der Waals surface area contributed by atoms with Crippen LogP contribution in [0.2, 0.25) is 0 Å². The Kier molecular flexibility index (Phi) is 5.39. The van der Waals surface area contributed by atoms with Gasteiger partial charge in [0.25, 0.3) is 0 Å². The third-order valence-electron chi connectivity index (χ3n) is 3.36. The molecule has 0 radical (unpaired) electrons. The molecule has 0 aliphatic carbocycles. The summed E-state index contributed by atoms with van der Waals surface area (Å²) in [6.45, 7) is 6.89. The van der Waals surface area contributed by atoms with E-state index in [0.29, 0.717) is 16.9 Å². The molecule has 0 aromatic heterocycles. The van der Waals surface area contributed by atoms with E-state index in [0.717, 1.165) is 0 Å². The average molecular weight is 326 g/mol. The fourth-order valence-electron chi connectivity index (χ4n) is 2.12. The van der Waals surface area contributed by atoms with Crippen molar-refractivity contribution in [2.24, 2.45) is 0 Å². The molecule has 0 aliphatic heterocycles. The fraction of sp³-hybridized carbons (Fsp3) is 0.300. The molecule has 0 atom stereocenters. The highest BCUT2D eigenvalue weighted by atomic mass is 16.6. The van der Waals surface area contributed by atoms with Crippen molar-refractivity contribution >= 4 is 11.8 Å². The SMILES string of the molecule is CC(C)OC(=O)C(C)(C)Oc1ccc(C(=O)c2ccccc2)cc1. The number of ether oxygens (including phenoxy) is 2. The number of benzene rings is 2. The number of esters is 1. The fourth-order valence-corrected chi connectivity index (χ4v) is 2.12. The molecule has 4 nitrogen and oxygen atoms in total. The summed E-state index contributed by atoms with van der Waals surface area (Å²) in [7, 11) is 0. The molecular formula is C20H22O4. The quantitative estimate of drug-likeness (QED) is 0.594. The molecule has 0 unspecified atom stereocenters. The second-order valence-electron chi connectivity index (χ2n) is 6.29.